The van der Waals surface area contributed by atoms with Crippen LogP contribution in [0.2, 0.25) is 5.02 Å². The minimum Gasteiger partial charge on any atom is -0.274 e. The Morgan fingerprint density at radius 1 is 1.14 bits per heavy atom. The second-order valence-electron chi connectivity index (χ2n) is 6.44. The highest BCUT2D eigenvalue weighted by molar-refractivity contribution is 7.89. The van der Waals surface area contributed by atoms with Gasteiger partial charge in [0.1, 0.15) is 6.04 Å². The van der Waals surface area contributed by atoms with Gasteiger partial charge < -0.3 is 0 Å². The Morgan fingerprint density at radius 3 is 2.32 bits per heavy atom. The molecule has 1 heterocycles. The van der Waals surface area contributed by atoms with Crippen molar-refractivity contribution in [2.45, 2.75) is 24.3 Å². The predicted molar refractivity (Wildman–Crippen MR) is 108 cm³/mol. The normalized spacial score (nSPS) is 17.4. The largest absolute Gasteiger partial charge is 0.274 e. The molecule has 2 aromatic rings. The van der Waals surface area contributed by atoms with E-state index in [0.29, 0.717) is 10.7 Å². The lowest BCUT2D eigenvalue weighted by molar-refractivity contribution is -0.122. The van der Waals surface area contributed by atoms with Crippen molar-refractivity contribution in [2.24, 2.45) is 0 Å². The Hall–Kier alpha value is -2.48. The van der Waals surface area contributed by atoms with Crippen LogP contribution in [0.4, 0.5) is 5.69 Å². The zero-order valence-electron chi connectivity index (χ0n) is 15.2. The van der Waals surface area contributed by atoms with E-state index in [1.54, 1.807) is 24.3 Å². The van der Waals surface area contributed by atoms with Crippen LogP contribution in [0.15, 0.2) is 66.1 Å². The van der Waals surface area contributed by atoms with Crippen LogP contribution in [0.3, 0.4) is 0 Å². The quantitative estimate of drug-likeness (QED) is 0.533. The van der Waals surface area contributed by atoms with E-state index in [-0.39, 0.29) is 17.9 Å². The molecule has 1 fully saturated rings. The number of anilines is 1. The summed E-state index contributed by atoms with van der Waals surface area (Å²) in [5, 5.41) is 0.395. The molecule has 1 aliphatic heterocycles. The number of halogens is 1. The molecule has 6 nitrogen and oxygen atoms in total. The molecule has 2 aromatic carbocycles. The number of hydrogen-bond donors (Lipinski definition) is 0. The average molecular weight is 419 g/mol. The van der Waals surface area contributed by atoms with Crippen molar-refractivity contribution in [1.82, 2.24) is 4.31 Å². The molecule has 2 amide bonds. The molecule has 1 unspecified atom stereocenters. The van der Waals surface area contributed by atoms with E-state index in [0.717, 1.165) is 14.8 Å². The minimum atomic E-state index is -4.03. The number of amides is 2. The van der Waals surface area contributed by atoms with Gasteiger partial charge in [0.05, 0.1) is 17.0 Å². The van der Waals surface area contributed by atoms with Crippen LogP contribution in [0.1, 0.15) is 12.0 Å². The Bertz CT molecular complexity index is 1020. The minimum absolute atomic E-state index is 0.00668. The van der Waals surface area contributed by atoms with Crippen molar-refractivity contribution in [1.29, 1.82) is 0 Å². The van der Waals surface area contributed by atoms with Crippen molar-refractivity contribution >= 4 is 39.1 Å². The fourth-order valence-corrected chi connectivity index (χ4v) is 4.75. The van der Waals surface area contributed by atoms with Gasteiger partial charge in [0.15, 0.2) is 0 Å². The highest BCUT2D eigenvalue weighted by Crippen LogP contribution is 2.29. The Labute approximate surface area is 169 Å². The molecule has 28 heavy (non-hydrogen) atoms. The Balaban J connectivity index is 1.97. The third-order valence-corrected chi connectivity index (χ3v) is 6.63. The van der Waals surface area contributed by atoms with Gasteiger partial charge in [-0.05, 0) is 43.3 Å². The molecular formula is C20H19ClN2O4S. The first-order valence-electron chi connectivity index (χ1n) is 8.57. The molecule has 0 aliphatic carbocycles. The van der Waals surface area contributed by atoms with Crippen LogP contribution < -0.4 is 4.90 Å². The number of carbonyl (C=O) groups excluding carboxylic acids is 2. The van der Waals surface area contributed by atoms with Gasteiger partial charge in [0, 0.05) is 11.6 Å². The second-order valence-corrected chi connectivity index (χ2v) is 8.77. The number of rotatable bonds is 6. The molecular weight excluding hydrogens is 400 g/mol. The zero-order chi connectivity index (χ0) is 20.5. The highest BCUT2D eigenvalue weighted by atomic mass is 35.5. The van der Waals surface area contributed by atoms with E-state index in [9.17, 15) is 18.0 Å². The molecule has 0 spiro atoms. The third-order valence-electron chi connectivity index (χ3n) is 4.49. The highest BCUT2D eigenvalue weighted by Gasteiger charge is 2.46. The summed E-state index contributed by atoms with van der Waals surface area (Å²) in [6, 6.07) is 11.4. The summed E-state index contributed by atoms with van der Waals surface area (Å²) < 4.78 is 27.2. The molecule has 0 bridgehead atoms. The number of imide groups is 1. The molecule has 1 atom stereocenters. The first-order valence-corrected chi connectivity index (χ1v) is 10.4. The molecule has 3 rings (SSSR count). The lowest BCUT2D eigenvalue weighted by Gasteiger charge is -2.25. The summed E-state index contributed by atoms with van der Waals surface area (Å²) in [4.78, 5) is 26.6. The molecule has 1 aliphatic rings. The topological polar surface area (TPSA) is 74.8 Å². The van der Waals surface area contributed by atoms with Crippen molar-refractivity contribution < 1.29 is 18.0 Å². The van der Waals surface area contributed by atoms with Gasteiger partial charge in [-0.1, -0.05) is 35.4 Å². The fourth-order valence-electron chi connectivity index (χ4n) is 3.07. The summed E-state index contributed by atoms with van der Waals surface area (Å²) in [5.74, 6) is -1.02. The number of aryl methyl sites for hydroxylation is 1. The number of benzene rings is 2. The molecule has 0 radical (unpaired) electrons. The van der Waals surface area contributed by atoms with E-state index in [4.69, 9.17) is 11.6 Å². The van der Waals surface area contributed by atoms with E-state index >= 15 is 0 Å². The number of carbonyl (C=O) groups is 2. The monoisotopic (exact) mass is 418 g/mol. The van der Waals surface area contributed by atoms with Crippen LogP contribution in [0, 0.1) is 6.92 Å². The third kappa shape index (κ3) is 3.73. The maximum Gasteiger partial charge on any atom is 0.252 e. The lowest BCUT2D eigenvalue weighted by Crippen LogP contribution is -2.45. The first-order chi connectivity index (χ1) is 13.3. The molecule has 8 heteroatoms. The predicted octanol–water partition coefficient (Wildman–Crippen LogP) is 3.16. The zero-order valence-corrected chi connectivity index (χ0v) is 16.8. The van der Waals surface area contributed by atoms with Gasteiger partial charge >= 0.3 is 0 Å². The first kappa shape index (κ1) is 20.3. The fraction of sp³-hybridized carbons (Fsp3) is 0.200. The van der Waals surface area contributed by atoms with Crippen LogP contribution in [-0.2, 0) is 19.6 Å². The summed E-state index contributed by atoms with van der Waals surface area (Å²) in [7, 11) is -4.03. The van der Waals surface area contributed by atoms with Crippen LogP contribution in [0.5, 0.6) is 0 Å². The molecule has 0 saturated carbocycles. The summed E-state index contributed by atoms with van der Waals surface area (Å²) in [6.07, 6.45) is 1.16. The average Bonchev–Trinajstić information content (AvgIpc) is 2.95. The van der Waals surface area contributed by atoms with Crippen LogP contribution in [0.25, 0.3) is 0 Å². The number of sulfonamides is 1. The van der Waals surface area contributed by atoms with E-state index < -0.39 is 27.9 Å². The molecule has 0 aromatic heterocycles. The smallest absolute Gasteiger partial charge is 0.252 e. The van der Waals surface area contributed by atoms with E-state index in [2.05, 4.69) is 6.58 Å². The molecule has 146 valence electrons. The summed E-state index contributed by atoms with van der Waals surface area (Å²) >= 11 is 5.84. The van der Waals surface area contributed by atoms with Gasteiger partial charge in [-0.15, -0.1) is 6.58 Å². The second kappa shape index (κ2) is 7.87. The van der Waals surface area contributed by atoms with Gasteiger partial charge in [-0.2, -0.15) is 4.31 Å². The van der Waals surface area contributed by atoms with Crippen LogP contribution >= 0.6 is 11.6 Å². The van der Waals surface area contributed by atoms with E-state index in [1.165, 1.54) is 30.3 Å². The molecule has 0 N–H and O–H groups in total. The standard InChI is InChI=1S/C20H19ClN2O4S/c1-3-12-22(28(26,27)17-10-6-15(21)7-11-17)18-13-19(24)23(20(18)25)16-8-4-14(2)5-9-16/h3-11,18H,1,12-13H2,2H3. The molecule has 1 saturated heterocycles. The van der Waals surface area contributed by atoms with Gasteiger partial charge in [0.2, 0.25) is 15.9 Å². The maximum absolute atomic E-state index is 13.1. The number of hydrogen-bond acceptors (Lipinski definition) is 4. The van der Waals surface area contributed by atoms with E-state index in [1.807, 2.05) is 6.92 Å². The lowest BCUT2D eigenvalue weighted by atomic mass is 10.2. The number of nitrogens with zero attached hydrogens (tertiary/aromatic N) is 2. The maximum atomic E-state index is 13.1. The summed E-state index contributed by atoms with van der Waals surface area (Å²) in [5.41, 5.74) is 1.41. The van der Waals surface area contributed by atoms with Gasteiger partial charge in [0.25, 0.3) is 5.91 Å². The van der Waals surface area contributed by atoms with Crippen molar-refractivity contribution in [3.8, 4) is 0 Å². The van der Waals surface area contributed by atoms with Gasteiger partial charge in [-0.25, -0.2) is 13.3 Å². The Morgan fingerprint density at radius 2 is 1.75 bits per heavy atom. The SMILES string of the molecule is C=CCN(C1CC(=O)N(c2ccc(C)cc2)C1=O)S(=O)(=O)c1ccc(Cl)cc1. The van der Waals surface area contributed by atoms with Gasteiger partial charge in [-0.3, -0.25) is 9.59 Å². The van der Waals surface area contributed by atoms with Crippen molar-refractivity contribution in [3.63, 3.8) is 0 Å². The van der Waals surface area contributed by atoms with Crippen molar-refractivity contribution in [2.75, 3.05) is 11.4 Å². The van der Waals surface area contributed by atoms with Crippen molar-refractivity contribution in [3.05, 3.63) is 71.8 Å². The van der Waals surface area contributed by atoms with Crippen LogP contribution in [-0.4, -0.2) is 37.1 Å². The Kier molecular flexibility index (Phi) is 5.69. The summed E-state index contributed by atoms with van der Waals surface area (Å²) in [6.45, 7) is 5.38.